The van der Waals surface area contributed by atoms with Gasteiger partial charge < -0.3 is 4.74 Å². The van der Waals surface area contributed by atoms with Crippen LogP contribution in [0.3, 0.4) is 0 Å². The van der Waals surface area contributed by atoms with E-state index < -0.39 is 4.92 Å². The number of fused-ring (bicyclic) bond motifs is 1. The fourth-order valence-electron chi connectivity index (χ4n) is 3.07. The van der Waals surface area contributed by atoms with Crippen LogP contribution >= 0.6 is 0 Å². The second-order valence-corrected chi connectivity index (χ2v) is 6.21. The highest BCUT2D eigenvalue weighted by atomic mass is 16.6. The molecule has 0 spiro atoms. The highest BCUT2D eigenvalue weighted by molar-refractivity contribution is 5.81. The number of hydrogen-bond donors (Lipinski definition) is 0. The van der Waals surface area contributed by atoms with E-state index >= 15 is 0 Å². The van der Waals surface area contributed by atoms with Crippen LogP contribution in [0.15, 0.2) is 42.5 Å². The minimum absolute atomic E-state index is 0.0217. The standard InChI is InChI=1S/C20H21N3O4/c1-4-19-21-17-12-16(23(25)26)10-11-18(17)22(19)15-8-6-14(7-9-15)13(3)20(24)27-5-2/h6-13H,4-5H2,1-3H3. The number of carbonyl (C=O) groups is 1. The van der Waals surface area contributed by atoms with Crippen molar-refractivity contribution in [2.75, 3.05) is 6.61 Å². The zero-order chi connectivity index (χ0) is 19.6. The number of rotatable bonds is 6. The van der Waals surface area contributed by atoms with Crippen LogP contribution in [0, 0.1) is 10.1 Å². The third-order valence-electron chi connectivity index (χ3n) is 4.53. The smallest absolute Gasteiger partial charge is 0.313 e. The lowest BCUT2D eigenvalue weighted by Crippen LogP contribution is -2.13. The van der Waals surface area contributed by atoms with E-state index in [1.807, 2.05) is 42.7 Å². The molecule has 0 saturated carbocycles. The third kappa shape index (κ3) is 3.53. The van der Waals surface area contributed by atoms with E-state index in [1.54, 1.807) is 13.0 Å². The average Bonchev–Trinajstić information content (AvgIpc) is 3.05. The van der Waals surface area contributed by atoms with Gasteiger partial charge in [0.25, 0.3) is 5.69 Å². The van der Waals surface area contributed by atoms with E-state index in [-0.39, 0.29) is 17.6 Å². The average molecular weight is 367 g/mol. The van der Waals surface area contributed by atoms with Crippen LogP contribution in [-0.2, 0) is 16.0 Å². The summed E-state index contributed by atoms with van der Waals surface area (Å²) in [5, 5.41) is 11.0. The molecule has 0 saturated heterocycles. The van der Waals surface area contributed by atoms with Gasteiger partial charge in [0.15, 0.2) is 0 Å². The van der Waals surface area contributed by atoms with E-state index in [0.717, 1.165) is 22.6 Å². The molecule has 1 unspecified atom stereocenters. The van der Waals surface area contributed by atoms with Gasteiger partial charge in [0.1, 0.15) is 5.82 Å². The van der Waals surface area contributed by atoms with Gasteiger partial charge in [-0.1, -0.05) is 19.1 Å². The van der Waals surface area contributed by atoms with Crippen LogP contribution in [0.4, 0.5) is 5.69 Å². The number of nitro groups is 1. The summed E-state index contributed by atoms with van der Waals surface area (Å²) < 4.78 is 7.06. The van der Waals surface area contributed by atoms with Crippen molar-refractivity contribution in [2.24, 2.45) is 0 Å². The van der Waals surface area contributed by atoms with E-state index in [4.69, 9.17) is 4.74 Å². The van der Waals surface area contributed by atoms with Crippen LogP contribution in [-0.4, -0.2) is 27.1 Å². The second-order valence-electron chi connectivity index (χ2n) is 6.21. The topological polar surface area (TPSA) is 87.3 Å². The molecule has 140 valence electrons. The summed E-state index contributed by atoms with van der Waals surface area (Å²) in [6, 6.07) is 12.3. The van der Waals surface area contributed by atoms with Gasteiger partial charge in [-0.3, -0.25) is 19.5 Å². The maximum absolute atomic E-state index is 11.9. The number of imidazole rings is 1. The van der Waals surface area contributed by atoms with Gasteiger partial charge in [0.05, 0.1) is 28.5 Å². The van der Waals surface area contributed by atoms with Crippen molar-refractivity contribution < 1.29 is 14.5 Å². The maximum Gasteiger partial charge on any atom is 0.313 e. The Kier molecular flexibility index (Phi) is 5.21. The molecule has 0 amide bonds. The highest BCUT2D eigenvalue weighted by Gasteiger charge is 2.18. The molecule has 0 aliphatic carbocycles. The minimum atomic E-state index is -0.421. The lowest BCUT2D eigenvalue weighted by molar-refractivity contribution is -0.384. The molecule has 7 heteroatoms. The lowest BCUT2D eigenvalue weighted by Gasteiger charge is -2.13. The lowest BCUT2D eigenvalue weighted by atomic mass is 10.0. The number of aromatic nitrogens is 2. The van der Waals surface area contributed by atoms with Gasteiger partial charge in [-0.15, -0.1) is 0 Å². The van der Waals surface area contributed by atoms with Crippen LogP contribution in [0.25, 0.3) is 16.7 Å². The molecule has 3 aromatic rings. The molecule has 3 rings (SSSR count). The first-order valence-corrected chi connectivity index (χ1v) is 8.89. The van der Waals surface area contributed by atoms with Crippen molar-refractivity contribution >= 4 is 22.7 Å². The zero-order valence-electron chi connectivity index (χ0n) is 15.5. The van der Waals surface area contributed by atoms with Crippen molar-refractivity contribution in [2.45, 2.75) is 33.1 Å². The summed E-state index contributed by atoms with van der Waals surface area (Å²) in [5.74, 6) is 0.225. The largest absolute Gasteiger partial charge is 0.466 e. The van der Waals surface area contributed by atoms with Crippen LogP contribution < -0.4 is 0 Å². The third-order valence-corrected chi connectivity index (χ3v) is 4.53. The molecule has 1 atom stereocenters. The van der Waals surface area contributed by atoms with Crippen molar-refractivity contribution in [1.82, 2.24) is 9.55 Å². The number of ether oxygens (including phenoxy) is 1. The molecule has 0 fully saturated rings. The fourth-order valence-corrected chi connectivity index (χ4v) is 3.07. The number of nitrogens with zero attached hydrogens (tertiary/aromatic N) is 3. The van der Waals surface area contributed by atoms with Gasteiger partial charge in [-0.2, -0.15) is 0 Å². The SMILES string of the molecule is CCOC(=O)C(C)c1ccc(-n2c(CC)nc3cc([N+](=O)[O-])ccc32)cc1. The Labute approximate surface area is 156 Å². The Morgan fingerprint density at radius 1 is 1.22 bits per heavy atom. The number of nitro benzene ring substituents is 1. The molecule has 0 aliphatic rings. The molecule has 2 aromatic carbocycles. The monoisotopic (exact) mass is 367 g/mol. The Hall–Kier alpha value is -3.22. The molecule has 0 bridgehead atoms. The molecule has 7 nitrogen and oxygen atoms in total. The Bertz CT molecular complexity index is 992. The Balaban J connectivity index is 2.02. The van der Waals surface area contributed by atoms with Gasteiger partial charge in [0.2, 0.25) is 0 Å². The number of hydrogen-bond acceptors (Lipinski definition) is 5. The van der Waals surface area contributed by atoms with Crippen LogP contribution in [0.5, 0.6) is 0 Å². The van der Waals surface area contributed by atoms with Crippen molar-refractivity contribution in [3.63, 3.8) is 0 Å². The van der Waals surface area contributed by atoms with E-state index in [9.17, 15) is 14.9 Å². The summed E-state index contributed by atoms with van der Waals surface area (Å²) in [6.07, 6.45) is 0.684. The molecule has 0 radical (unpaired) electrons. The molecular weight excluding hydrogens is 346 g/mol. The molecule has 0 aliphatic heterocycles. The van der Waals surface area contributed by atoms with Crippen molar-refractivity contribution in [1.29, 1.82) is 0 Å². The quantitative estimate of drug-likeness (QED) is 0.371. The summed E-state index contributed by atoms with van der Waals surface area (Å²) in [6.45, 7) is 5.95. The predicted octanol–water partition coefficient (Wildman–Crippen LogP) is 4.16. The van der Waals surface area contributed by atoms with Gasteiger partial charge in [-0.25, -0.2) is 4.98 Å². The predicted molar refractivity (Wildman–Crippen MR) is 102 cm³/mol. The Morgan fingerprint density at radius 2 is 1.93 bits per heavy atom. The fraction of sp³-hybridized carbons (Fsp3) is 0.300. The number of esters is 1. The summed E-state index contributed by atoms with van der Waals surface area (Å²) >= 11 is 0. The zero-order valence-corrected chi connectivity index (χ0v) is 15.5. The van der Waals surface area contributed by atoms with Crippen LogP contribution in [0.1, 0.15) is 38.1 Å². The van der Waals surface area contributed by atoms with Gasteiger partial charge >= 0.3 is 5.97 Å². The first kappa shape index (κ1) is 18.6. The minimum Gasteiger partial charge on any atom is -0.466 e. The number of carbonyl (C=O) groups excluding carboxylic acids is 1. The Morgan fingerprint density at radius 3 is 2.52 bits per heavy atom. The van der Waals surface area contributed by atoms with E-state index in [0.29, 0.717) is 18.5 Å². The van der Waals surface area contributed by atoms with E-state index in [2.05, 4.69) is 4.98 Å². The van der Waals surface area contributed by atoms with Crippen LogP contribution in [0.2, 0.25) is 0 Å². The molecule has 1 aromatic heterocycles. The van der Waals surface area contributed by atoms with Crippen molar-refractivity contribution in [3.05, 3.63) is 64.0 Å². The molecular formula is C20H21N3O4. The number of benzene rings is 2. The molecule has 0 N–H and O–H groups in total. The number of non-ortho nitro benzene ring substituents is 1. The molecule has 1 heterocycles. The summed E-state index contributed by atoms with van der Waals surface area (Å²) in [5.41, 5.74) is 3.18. The summed E-state index contributed by atoms with van der Waals surface area (Å²) in [7, 11) is 0. The number of aryl methyl sites for hydroxylation is 1. The normalized spacial score (nSPS) is 12.1. The first-order chi connectivity index (χ1) is 13.0. The summed E-state index contributed by atoms with van der Waals surface area (Å²) in [4.78, 5) is 27.1. The second kappa shape index (κ2) is 7.57. The van der Waals surface area contributed by atoms with Gasteiger partial charge in [0, 0.05) is 24.2 Å². The first-order valence-electron chi connectivity index (χ1n) is 8.89. The van der Waals surface area contributed by atoms with Crippen molar-refractivity contribution in [3.8, 4) is 5.69 Å². The van der Waals surface area contributed by atoms with Gasteiger partial charge in [-0.05, 0) is 37.6 Å². The molecule has 27 heavy (non-hydrogen) atoms. The highest BCUT2D eigenvalue weighted by Crippen LogP contribution is 2.27. The van der Waals surface area contributed by atoms with E-state index in [1.165, 1.54) is 12.1 Å². The maximum atomic E-state index is 11.9.